The average Bonchev–Trinajstić information content (AvgIpc) is 2.47. The van der Waals surface area contributed by atoms with Crippen molar-refractivity contribution in [2.75, 3.05) is 11.9 Å². The van der Waals surface area contributed by atoms with Gasteiger partial charge in [-0.15, -0.1) is 0 Å². The molecule has 0 bridgehead atoms. The van der Waals surface area contributed by atoms with Gasteiger partial charge in [0.15, 0.2) is 0 Å². The van der Waals surface area contributed by atoms with E-state index in [2.05, 4.69) is 23.1 Å². The van der Waals surface area contributed by atoms with Gasteiger partial charge >= 0.3 is 0 Å². The molecule has 0 N–H and O–H groups in total. The Balaban J connectivity index is 1.91. The number of benzene rings is 2. The molecule has 0 amide bonds. The van der Waals surface area contributed by atoms with Crippen LogP contribution in [0.1, 0.15) is 24.0 Å². The molecule has 0 atom stereocenters. The normalized spacial score (nSPS) is 14.0. The molecule has 0 unspecified atom stereocenters. The van der Waals surface area contributed by atoms with Crippen molar-refractivity contribution in [2.24, 2.45) is 0 Å². The third-order valence-corrected chi connectivity index (χ3v) is 3.93. The largest absolute Gasteiger partial charge is 0.345 e. The zero-order valence-corrected chi connectivity index (χ0v) is 11.2. The van der Waals surface area contributed by atoms with E-state index < -0.39 is 0 Å². The maximum atomic E-state index is 13.0. The Morgan fingerprint density at radius 3 is 2.21 bits per heavy atom. The molecule has 0 fully saturated rings. The van der Waals surface area contributed by atoms with Gasteiger partial charge in [-0.2, -0.15) is 0 Å². The number of fused-ring (bicyclic) bond motifs is 1. The van der Waals surface area contributed by atoms with Crippen LogP contribution in [0.15, 0.2) is 42.5 Å². The number of halogens is 1. The molecule has 0 heterocycles. The number of hydrogen-bond acceptors (Lipinski definition) is 1. The molecule has 2 aromatic carbocycles. The Morgan fingerprint density at radius 2 is 1.47 bits per heavy atom. The Bertz CT molecular complexity index is 574. The van der Waals surface area contributed by atoms with Crippen molar-refractivity contribution in [3.63, 3.8) is 0 Å². The molecule has 0 aromatic heterocycles. The van der Waals surface area contributed by atoms with E-state index in [4.69, 9.17) is 0 Å². The lowest BCUT2D eigenvalue weighted by Gasteiger charge is -2.23. The van der Waals surface area contributed by atoms with Gasteiger partial charge in [0, 0.05) is 18.4 Å². The van der Waals surface area contributed by atoms with Crippen LogP contribution in [-0.2, 0) is 12.8 Å². The van der Waals surface area contributed by atoms with Crippen molar-refractivity contribution in [1.29, 1.82) is 0 Å². The van der Waals surface area contributed by atoms with Crippen LogP contribution in [0.4, 0.5) is 15.8 Å². The summed E-state index contributed by atoms with van der Waals surface area (Å²) in [5.74, 6) is -0.192. The molecule has 0 spiro atoms. The van der Waals surface area contributed by atoms with Gasteiger partial charge in [-0.25, -0.2) is 4.39 Å². The Kier molecular flexibility index (Phi) is 3.24. The lowest BCUT2D eigenvalue weighted by atomic mass is 9.91. The van der Waals surface area contributed by atoms with Crippen molar-refractivity contribution in [3.05, 3.63) is 59.4 Å². The van der Waals surface area contributed by atoms with E-state index in [0.717, 1.165) is 5.69 Å². The summed E-state index contributed by atoms with van der Waals surface area (Å²) in [7, 11) is 2.03. The molecule has 1 aliphatic rings. The zero-order valence-electron chi connectivity index (χ0n) is 11.2. The van der Waals surface area contributed by atoms with Gasteiger partial charge in [0.25, 0.3) is 0 Å². The first-order valence-electron chi connectivity index (χ1n) is 6.85. The van der Waals surface area contributed by atoms with Crippen LogP contribution in [0.5, 0.6) is 0 Å². The monoisotopic (exact) mass is 255 g/mol. The summed E-state index contributed by atoms with van der Waals surface area (Å²) in [5, 5.41) is 0. The van der Waals surface area contributed by atoms with Crippen LogP contribution in [-0.4, -0.2) is 7.05 Å². The molecule has 1 aliphatic carbocycles. The van der Waals surface area contributed by atoms with Gasteiger partial charge in [0.1, 0.15) is 5.82 Å². The minimum absolute atomic E-state index is 0.192. The van der Waals surface area contributed by atoms with Crippen LogP contribution in [0.25, 0.3) is 0 Å². The predicted octanol–water partition coefficient (Wildman–Crippen LogP) is 4.47. The fourth-order valence-corrected chi connectivity index (χ4v) is 2.74. The third kappa shape index (κ3) is 2.48. The summed E-state index contributed by atoms with van der Waals surface area (Å²) in [6.45, 7) is 0. The lowest BCUT2D eigenvalue weighted by Crippen LogP contribution is -2.11. The smallest absolute Gasteiger partial charge is 0.123 e. The minimum atomic E-state index is -0.192. The molecule has 0 saturated heterocycles. The molecule has 0 saturated carbocycles. The summed E-state index contributed by atoms with van der Waals surface area (Å²) in [5.41, 5.74) is 5.14. The Labute approximate surface area is 113 Å². The number of nitrogens with zero attached hydrogens (tertiary/aromatic N) is 1. The van der Waals surface area contributed by atoms with Crippen molar-refractivity contribution in [1.82, 2.24) is 0 Å². The minimum Gasteiger partial charge on any atom is -0.345 e. The molecule has 0 radical (unpaired) electrons. The third-order valence-electron chi connectivity index (χ3n) is 3.93. The van der Waals surface area contributed by atoms with Crippen LogP contribution in [0.2, 0.25) is 0 Å². The second-order valence-electron chi connectivity index (χ2n) is 5.20. The zero-order chi connectivity index (χ0) is 13.2. The van der Waals surface area contributed by atoms with E-state index in [0.29, 0.717) is 0 Å². The first kappa shape index (κ1) is 12.2. The molecular weight excluding hydrogens is 237 g/mol. The van der Waals surface area contributed by atoms with E-state index in [-0.39, 0.29) is 5.82 Å². The number of rotatable bonds is 2. The maximum Gasteiger partial charge on any atom is 0.123 e. The highest BCUT2D eigenvalue weighted by atomic mass is 19.1. The predicted molar refractivity (Wildman–Crippen MR) is 77.5 cm³/mol. The number of anilines is 2. The van der Waals surface area contributed by atoms with E-state index in [1.54, 1.807) is 0 Å². The first-order valence-corrected chi connectivity index (χ1v) is 6.85. The molecule has 1 nitrogen and oxygen atoms in total. The van der Waals surface area contributed by atoms with E-state index in [1.165, 1.54) is 54.6 Å². The van der Waals surface area contributed by atoms with Gasteiger partial charge in [-0.05, 0) is 73.2 Å². The number of hydrogen-bond donors (Lipinski definition) is 0. The first-order chi connectivity index (χ1) is 9.24. The molecule has 2 aromatic rings. The Morgan fingerprint density at radius 1 is 0.842 bits per heavy atom. The molecule has 19 heavy (non-hydrogen) atoms. The average molecular weight is 255 g/mol. The summed E-state index contributed by atoms with van der Waals surface area (Å²) >= 11 is 0. The molecule has 2 heteroatoms. The summed E-state index contributed by atoms with van der Waals surface area (Å²) < 4.78 is 13.0. The van der Waals surface area contributed by atoms with Gasteiger partial charge in [-0.3, -0.25) is 0 Å². The van der Waals surface area contributed by atoms with Gasteiger partial charge < -0.3 is 4.90 Å². The van der Waals surface area contributed by atoms with Gasteiger partial charge in [0.05, 0.1) is 0 Å². The van der Waals surface area contributed by atoms with Gasteiger partial charge in [-0.1, -0.05) is 6.07 Å². The van der Waals surface area contributed by atoms with E-state index in [9.17, 15) is 4.39 Å². The van der Waals surface area contributed by atoms with E-state index >= 15 is 0 Å². The fraction of sp³-hybridized carbons (Fsp3) is 0.294. The highest BCUT2D eigenvalue weighted by molar-refractivity contribution is 5.63. The second-order valence-corrected chi connectivity index (χ2v) is 5.20. The topological polar surface area (TPSA) is 3.24 Å². The Hall–Kier alpha value is -1.83. The molecule has 98 valence electrons. The van der Waals surface area contributed by atoms with Crippen molar-refractivity contribution in [2.45, 2.75) is 25.7 Å². The van der Waals surface area contributed by atoms with E-state index in [1.807, 2.05) is 19.2 Å². The number of aryl methyl sites for hydroxylation is 2. The van der Waals surface area contributed by atoms with Crippen molar-refractivity contribution >= 4 is 11.4 Å². The molecular formula is C17H18FN. The van der Waals surface area contributed by atoms with Gasteiger partial charge in [0.2, 0.25) is 0 Å². The lowest BCUT2D eigenvalue weighted by molar-refractivity contribution is 0.628. The van der Waals surface area contributed by atoms with Crippen LogP contribution < -0.4 is 4.90 Å². The van der Waals surface area contributed by atoms with Crippen molar-refractivity contribution in [3.8, 4) is 0 Å². The second kappa shape index (κ2) is 5.04. The SMILES string of the molecule is CN(c1ccc(F)cc1)c1ccc2c(c1)CCCC2. The highest BCUT2D eigenvalue weighted by Crippen LogP contribution is 2.29. The fourth-order valence-electron chi connectivity index (χ4n) is 2.74. The quantitative estimate of drug-likeness (QED) is 0.765. The summed E-state index contributed by atoms with van der Waals surface area (Å²) in [4.78, 5) is 2.11. The van der Waals surface area contributed by atoms with Crippen molar-refractivity contribution < 1.29 is 4.39 Å². The molecule has 0 aliphatic heterocycles. The van der Waals surface area contributed by atoms with Crippen LogP contribution >= 0.6 is 0 Å². The molecule has 3 rings (SSSR count). The standard InChI is InChI=1S/C17H18FN/c1-19(16-10-7-15(18)8-11-16)17-9-6-13-4-2-3-5-14(13)12-17/h6-12H,2-5H2,1H3. The highest BCUT2D eigenvalue weighted by Gasteiger charge is 2.11. The van der Waals surface area contributed by atoms with Crippen LogP contribution in [0, 0.1) is 5.82 Å². The summed E-state index contributed by atoms with van der Waals surface area (Å²) in [6.07, 6.45) is 4.98. The summed E-state index contributed by atoms with van der Waals surface area (Å²) in [6, 6.07) is 13.3. The van der Waals surface area contributed by atoms with Crippen LogP contribution in [0.3, 0.4) is 0 Å². The maximum absolute atomic E-state index is 13.0.